The number of rotatable bonds is 3. The molecule has 2 nitrogen and oxygen atoms in total. The Kier molecular flexibility index (Phi) is 3.98. The zero-order valence-corrected chi connectivity index (χ0v) is 13.0. The topological polar surface area (TPSA) is 21.3 Å². The van der Waals surface area contributed by atoms with Crippen molar-refractivity contribution in [1.29, 1.82) is 0 Å². The Labute approximate surface area is 127 Å². The first-order valence-electron chi connectivity index (χ1n) is 7.69. The molecule has 0 saturated carbocycles. The fourth-order valence-electron chi connectivity index (χ4n) is 3.36. The van der Waals surface area contributed by atoms with E-state index in [0.29, 0.717) is 5.92 Å². The number of hydrogen-bond donors (Lipinski definition) is 1. The molecule has 0 aliphatic heterocycles. The fourth-order valence-corrected chi connectivity index (χ4v) is 3.36. The van der Waals surface area contributed by atoms with Crippen LogP contribution in [0.25, 0.3) is 0 Å². The van der Waals surface area contributed by atoms with Crippen LogP contribution in [0.2, 0.25) is 0 Å². The molecule has 1 aliphatic rings. The van der Waals surface area contributed by atoms with Crippen molar-refractivity contribution in [3.63, 3.8) is 0 Å². The third-order valence-corrected chi connectivity index (χ3v) is 4.50. The van der Waals surface area contributed by atoms with Gasteiger partial charge in [-0.15, -0.1) is 0 Å². The molecule has 2 aromatic rings. The summed E-state index contributed by atoms with van der Waals surface area (Å²) in [5.74, 6) is 1.52. The molecule has 21 heavy (non-hydrogen) atoms. The summed E-state index contributed by atoms with van der Waals surface area (Å²) in [7, 11) is 2.02. The second-order valence-corrected chi connectivity index (χ2v) is 5.95. The van der Waals surface area contributed by atoms with Crippen molar-refractivity contribution < 1.29 is 4.74 Å². The van der Waals surface area contributed by atoms with Crippen molar-refractivity contribution in [2.45, 2.75) is 38.3 Å². The summed E-state index contributed by atoms with van der Waals surface area (Å²) in [6.07, 6.45) is 1.21. The molecule has 3 rings (SSSR count). The maximum Gasteiger partial charge on any atom is 0.122 e. The number of hydrogen-bond acceptors (Lipinski definition) is 2. The predicted octanol–water partition coefficient (Wildman–Crippen LogP) is 4.21. The van der Waals surface area contributed by atoms with Gasteiger partial charge < -0.3 is 10.1 Å². The van der Waals surface area contributed by atoms with Crippen LogP contribution >= 0.6 is 0 Å². The molecule has 1 aliphatic carbocycles. The van der Waals surface area contributed by atoms with Crippen molar-refractivity contribution >= 4 is 0 Å². The van der Waals surface area contributed by atoms with Gasteiger partial charge in [-0.2, -0.15) is 0 Å². The Morgan fingerprint density at radius 3 is 2.38 bits per heavy atom. The first kappa shape index (κ1) is 14.2. The van der Waals surface area contributed by atoms with Gasteiger partial charge in [0.25, 0.3) is 0 Å². The molecule has 110 valence electrons. The van der Waals surface area contributed by atoms with E-state index in [4.69, 9.17) is 4.74 Å². The molecular formula is C19H23NO. The minimum atomic E-state index is 0.168. The maximum absolute atomic E-state index is 6.35. The van der Waals surface area contributed by atoms with E-state index >= 15 is 0 Å². The van der Waals surface area contributed by atoms with Crippen LogP contribution in [0.15, 0.2) is 48.5 Å². The van der Waals surface area contributed by atoms with Crippen LogP contribution in [0.4, 0.5) is 0 Å². The molecule has 2 heteroatoms. The highest BCUT2D eigenvalue weighted by Crippen LogP contribution is 2.39. The molecule has 3 atom stereocenters. The highest BCUT2D eigenvalue weighted by molar-refractivity contribution is 5.38. The third kappa shape index (κ3) is 2.68. The van der Waals surface area contributed by atoms with Crippen LogP contribution in [-0.4, -0.2) is 13.2 Å². The third-order valence-electron chi connectivity index (χ3n) is 4.50. The first-order chi connectivity index (χ1) is 10.2. The zero-order chi connectivity index (χ0) is 14.8. The molecule has 0 bridgehead atoms. The number of nitrogens with one attached hydrogen (secondary N) is 1. The van der Waals surface area contributed by atoms with E-state index in [-0.39, 0.29) is 12.1 Å². The van der Waals surface area contributed by atoms with E-state index in [1.54, 1.807) is 0 Å². The van der Waals surface area contributed by atoms with Gasteiger partial charge in [0.05, 0.1) is 6.04 Å². The lowest BCUT2D eigenvalue weighted by molar-refractivity contribution is 0.129. The summed E-state index contributed by atoms with van der Waals surface area (Å²) in [6, 6.07) is 17.2. The van der Waals surface area contributed by atoms with E-state index in [9.17, 15) is 0 Å². The standard InChI is InChI=1S/C19H23NO/c1-13-8-4-7-11-17(13)21-18-12-14(2)15-9-5-6-10-16(15)19(18)20-3/h4-11,14,18-20H,12H2,1-3H3. The summed E-state index contributed by atoms with van der Waals surface area (Å²) in [5.41, 5.74) is 4.01. The van der Waals surface area contributed by atoms with Crippen molar-refractivity contribution in [3.05, 3.63) is 65.2 Å². The number of aryl methyl sites for hydroxylation is 1. The first-order valence-corrected chi connectivity index (χ1v) is 7.69. The van der Waals surface area contributed by atoms with Crippen molar-refractivity contribution in [2.24, 2.45) is 0 Å². The average molecular weight is 281 g/mol. The second-order valence-electron chi connectivity index (χ2n) is 5.95. The molecule has 0 spiro atoms. The highest BCUT2D eigenvalue weighted by atomic mass is 16.5. The van der Waals surface area contributed by atoms with Gasteiger partial charge in [0.2, 0.25) is 0 Å². The fraction of sp³-hybridized carbons (Fsp3) is 0.368. The summed E-state index contributed by atoms with van der Waals surface area (Å²) in [6.45, 7) is 4.39. The average Bonchev–Trinajstić information content (AvgIpc) is 2.50. The quantitative estimate of drug-likeness (QED) is 0.910. The number of fused-ring (bicyclic) bond motifs is 1. The van der Waals surface area contributed by atoms with Crippen LogP contribution in [0.3, 0.4) is 0 Å². The lowest BCUT2D eigenvalue weighted by Crippen LogP contribution is -2.39. The predicted molar refractivity (Wildman–Crippen MR) is 86.9 cm³/mol. The SMILES string of the molecule is CNC1c2ccccc2C(C)CC1Oc1ccccc1C. The summed E-state index contributed by atoms with van der Waals surface area (Å²) in [5, 5.41) is 3.45. The van der Waals surface area contributed by atoms with Crippen molar-refractivity contribution in [1.82, 2.24) is 5.32 Å². The van der Waals surface area contributed by atoms with Gasteiger partial charge in [-0.25, -0.2) is 0 Å². The molecule has 0 fully saturated rings. The lowest BCUT2D eigenvalue weighted by atomic mass is 9.79. The summed E-state index contributed by atoms with van der Waals surface area (Å²) in [4.78, 5) is 0. The van der Waals surface area contributed by atoms with Gasteiger partial charge in [0.1, 0.15) is 11.9 Å². The Morgan fingerprint density at radius 2 is 1.67 bits per heavy atom. The van der Waals surface area contributed by atoms with Gasteiger partial charge in [-0.3, -0.25) is 0 Å². The molecular weight excluding hydrogens is 258 g/mol. The zero-order valence-electron chi connectivity index (χ0n) is 13.0. The minimum Gasteiger partial charge on any atom is -0.488 e. The largest absolute Gasteiger partial charge is 0.488 e. The molecule has 0 amide bonds. The van der Waals surface area contributed by atoms with Crippen molar-refractivity contribution in [3.8, 4) is 5.75 Å². The van der Waals surface area contributed by atoms with Crippen LogP contribution in [0, 0.1) is 6.92 Å². The monoisotopic (exact) mass is 281 g/mol. The van der Waals surface area contributed by atoms with Crippen LogP contribution in [0.5, 0.6) is 5.75 Å². The molecule has 0 saturated heterocycles. The minimum absolute atomic E-state index is 0.168. The smallest absolute Gasteiger partial charge is 0.122 e. The van der Waals surface area contributed by atoms with E-state index < -0.39 is 0 Å². The second kappa shape index (κ2) is 5.90. The molecule has 3 unspecified atom stereocenters. The molecule has 1 N–H and O–H groups in total. The molecule has 2 aromatic carbocycles. The Bertz CT molecular complexity index is 622. The maximum atomic E-state index is 6.35. The Morgan fingerprint density at radius 1 is 1.00 bits per heavy atom. The molecule has 0 radical (unpaired) electrons. The van der Waals surface area contributed by atoms with Gasteiger partial charge in [0, 0.05) is 0 Å². The molecule has 0 heterocycles. The number of benzene rings is 2. The summed E-state index contributed by atoms with van der Waals surface area (Å²) >= 11 is 0. The van der Waals surface area contributed by atoms with Crippen LogP contribution in [0.1, 0.15) is 42.0 Å². The number of likely N-dealkylation sites (N-methyl/N-ethyl adjacent to an activating group) is 1. The Hall–Kier alpha value is -1.80. The lowest BCUT2D eigenvalue weighted by Gasteiger charge is -2.37. The van der Waals surface area contributed by atoms with E-state index in [1.807, 2.05) is 13.1 Å². The van der Waals surface area contributed by atoms with Crippen molar-refractivity contribution in [2.75, 3.05) is 7.05 Å². The van der Waals surface area contributed by atoms with Crippen LogP contribution in [-0.2, 0) is 0 Å². The van der Waals surface area contributed by atoms with Gasteiger partial charge in [-0.1, -0.05) is 49.4 Å². The van der Waals surface area contributed by atoms with E-state index in [2.05, 4.69) is 61.6 Å². The van der Waals surface area contributed by atoms with Gasteiger partial charge in [0.15, 0.2) is 0 Å². The number of para-hydroxylation sites is 1. The number of ether oxygens (including phenoxy) is 1. The van der Waals surface area contributed by atoms with Gasteiger partial charge >= 0.3 is 0 Å². The summed E-state index contributed by atoms with van der Waals surface area (Å²) < 4.78 is 6.35. The van der Waals surface area contributed by atoms with E-state index in [1.165, 1.54) is 16.7 Å². The Balaban J connectivity index is 1.92. The van der Waals surface area contributed by atoms with Crippen LogP contribution < -0.4 is 10.1 Å². The normalized spacial score (nSPS) is 24.4. The van der Waals surface area contributed by atoms with Gasteiger partial charge in [-0.05, 0) is 49.1 Å². The molecule has 0 aromatic heterocycles. The van der Waals surface area contributed by atoms with E-state index in [0.717, 1.165) is 12.2 Å². The highest BCUT2D eigenvalue weighted by Gasteiger charge is 2.33.